The van der Waals surface area contributed by atoms with Gasteiger partial charge in [0, 0.05) is 6.54 Å². The summed E-state index contributed by atoms with van der Waals surface area (Å²) in [6, 6.07) is 7.58. The Bertz CT molecular complexity index is 797. The van der Waals surface area contributed by atoms with Gasteiger partial charge in [0.1, 0.15) is 0 Å². The number of halogens is 3. The van der Waals surface area contributed by atoms with Gasteiger partial charge in [-0.3, -0.25) is 9.59 Å². The average Bonchev–Trinajstić information content (AvgIpc) is 3.07. The van der Waals surface area contributed by atoms with Crippen LogP contribution in [0.1, 0.15) is 16.1 Å². The quantitative estimate of drug-likeness (QED) is 0.617. The number of methoxy groups -OCH3 is 1. The van der Waals surface area contributed by atoms with Gasteiger partial charge in [-0.2, -0.15) is 8.78 Å². The number of carbonyl (C=O) groups excluding carboxylic acids is 2. The van der Waals surface area contributed by atoms with Crippen LogP contribution in [-0.2, 0) is 11.2 Å². The molecule has 2 rings (SSSR count). The molecule has 0 unspecified atom stereocenters. The maximum Gasteiger partial charge on any atom is 0.387 e. The molecule has 0 fully saturated rings. The first-order valence-corrected chi connectivity index (χ1v) is 8.60. The Morgan fingerprint density at radius 1 is 1.19 bits per heavy atom. The molecule has 2 aromatic rings. The minimum atomic E-state index is -2.94. The van der Waals surface area contributed by atoms with E-state index in [1.54, 1.807) is 18.2 Å². The standard InChI is InChI=1S/C17H17BrF2N2O5/c1-25-13-8-10(2-3-11(13)27-17(19)20)6-7-21-15(23)9-22-16(24)12-4-5-14(18)26-12/h2-5,8,17H,6-7,9H2,1H3,(H,21,23)(H,22,24). The number of nitrogens with one attached hydrogen (secondary N) is 2. The molecule has 0 radical (unpaired) electrons. The highest BCUT2D eigenvalue weighted by Crippen LogP contribution is 2.29. The number of benzene rings is 1. The summed E-state index contributed by atoms with van der Waals surface area (Å²) in [6.07, 6.45) is 0.441. The molecule has 7 nitrogen and oxygen atoms in total. The van der Waals surface area contributed by atoms with Gasteiger partial charge in [-0.15, -0.1) is 0 Å². The second kappa shape index (κ2) is 9.91. The van der Waals surface area contributed by atoms with Crippen LogP contribution >= 0.6 is 15.9 Å². The van der Waals surface area contributed by atoms with Gasteiger partial charge in [-0.25, -0.2) is 0 Å². The van der Waals surface area contributed by atoms with E-state index in [-0.39, 0.29) is 29.7 Å². The predicted molar refractivity (Wildman–Crippen MR) is 95.1 cm³/mol. The molecule has 27 heavy (non-hydrogen) atoms. The number of carbonyl (C=O) groups is 2. The van der Waals surface area contributed by atoms with Crippen LogP contribution in [0.2, 0.25) is 0 Å². The van der Waals surface area contributed by atoms with E-state index in [9.17, 15) is 18.4 Å². The molecule has 0 aliphatic heterocycles. The molecule has 1 aromatic heterocycles. The van der Waals surface area contributed by atoms with Crippen molar-refractivity contribution >= 4 is 27.7 Å². The van der Waals surface area contributed by atoms with E-state index in [4.69, 9.17) is 9.15 Å². The van der Waals surface area contributed by atoms with E-state index in [1.165, 1.54) is 19.2 Å². The van der Waals surface area contributed by atoms with Crippen molar-refractivity contribution in [3.8, 4) is 11.5 Å². The monoisotopic (exact) mass is 446 g/mol. The largest absolute Gasteiger partial charge is 0.493 e. The highest BCUT2D eigenvalue weighted by molar-refractivity contribution is 9.10. The number of hydrogen-bond donors (Lipinski definition) is 2. The first kappa shape index (κ1) is 20.7. The second-order valence-corrected chi connectivity index (χ2v) is 6.03. The van der Waals surface area contributed by atoms with Crippen LogP contribution in [-0.4, -0.2) is 38.6 Å². The van der Waals surface area contributed by atoms with Gasteiger partial charge in [0.25, 0.3) is 5.91 Å². The van der Waals surface area contributed by atoms with E-state index >= 15 is 0 Å². The first-order chi connectivity index (χ1) is 12.9. The van der Waals surface area contributed by atoms with E-state index < -0.39 is 12.5 Å². The Labute approximate surface area is 162 Å². The molecule has 146 valence electrons. The van der Waals surface area contributed by atoms with Crippen molar-refractivity contribution in [3.05, 3.63) is 46.3 Å². The molecule has 0 atom stereocenters. The third-order valence-electron chi connectivity index (χ3n) is 3.39. The number of hydrogen-bond acceptors (Lipinski definition) is 5. The predicted octanol–water partition coefficient (Wildman–Crippen LogP) is 2.74. The fourth-order valence-electron chi connectivity index (χ4n) is 2.15. The fraction of sp³-hybridized carbons (Fsp3) is 0.294. The van der Waals surface area contributed by atoms with E-state index in [0.29, 0.717) is 17.6 Å². The van der Waals surface area contributed by atoms with Gasteiger partial charge in [0.05, 0.1) is 13.7 Å². The number of furan rings is 1. The molecule has 0 aliphatic carbocycles. The Kier molecular flexibility index (Phi) is 7.59. The number of rotatable bonds is 9. The zero-order valence-electron chi connectivity index (χ0n) is 14.3. The van der Waals surface area contributed by atoms with Crippen molar-refractivity contribution in [1.82, 2.24) is 10.6 Å². The maximum absolute atomic E-state index is 12.3. The Morgan fingerprint density at radius 3 is 2.59 bits per heavy atom. The number of alkyl halides is 2. The van der Waals surface area contributed by atoms with Crippen molar-refractivity contribution in [2.75, 3.05) is 20.2 Å². The normalized spacial score (nSPS) is 10.6. The Balaban J connectivity index is 1.76. The second-order valence-electron chi connectivity index (χ2n) is 5.25. The van der Waals surface area contributed by atoms with E-state index in [1.807, 2.05) is 0 Å². The number of amides is 2. The third kappa shape index (κ3) is 6.55. The molecule has 2 N–H and O–H groups in total. The topological polar surface area (TPSA) is 89.8 Å². The zero-order valence-corrected chi connectivity index (χ0v) is 15.8. The van der Waals surface area contributed by atoms with Crippen LogP contribution in [0, 0.1) is 0 Å². The molecular formula is C17H17BrF2N2O5. The fourth-order valence-corrected chi connectivity index (χ4v) is 2.46. The van der Waals surface area contributed by atoms with Crippen molar-refractivity contribution in [1.29, 1.82) is 0 Å². The summed E-state index contributed by atoms with van der Waals surface area (Å²) >= 11 is 3.08. The van der Waals surface area contributed by atoms with Crippen molar-refractivity contribution in [2.45, 2.75) is 13.0 Å². The first-order valence-electron chi connectivity index (χ1n) is 7.81. The molecule has 0 saturated heterocycles. The lowest BCUT2D eigenvalue weighted by Crippen LogP contribution is -2.37. The molecule has 10 heteroatoms. The Hall–Kier alpha value is -2.62. The minimum absolute atomic E-state index is 0.0624. The lowest BCUT2D eigenvalue weighted by Gasteiger charge is -2.12. The van der Waals surface area contributed by atoms with Gasteiger partial charge in [0.15, 0.2) is 21.9 Å². The van der Waals surface area contributed by atoms with Crippen LogP contribution in [0.5, 0.6) is 11.5 Å². The summed E-state index contributed by atoms with van der Waals surface area (Å²) in [4.78, 5) is 23.5. The molecular weight excluding hydrogens is 430 g/mol. The average molecular weight is 447 g/mol. The summed E-state index contributed by atoms with van der Waals surface area (Å²) in [5.41, 5.74) is 0.762. The molecule has 0 spiro atoms. The molecule has 0 bridgehead atoms. The van der Waals surface area contributed by atoms with Crippen LogP contribution in [0.3, 0.4) is 0 Å². The lowest BCUT2D eigenvalue weighted by atomic mass is 10.1. The van der Waals surface area contributed by atoms with Crippen molar-refractivity contribution in [2.24, 2.45) is 0 Å². The highest BCUT2D eigenvalue weighted by Gasteiger charge is 2.13. The Morgan fingerprint density at radius 2 is 1.96 bits per heavy atom. The maximum atomic E-state index is 12.3. The third-order valence-corrected chi connectivity index (χ3v) is 3.81. The van der Waals surface area contributed by atoms with Gasteiger partial charge >= 0.3 is 6.61 Å². The van der Waals surface area contributed by atoms with Crippen LogP contribution < -0.4 is 20.1 Å². The molecule has 0 aliphatic rings. The SMILES string of the molecule is COc1cc(CCNC(=O)CNC(=O)c2ccc(Br)o2)ccc1OC(F)F. The van der Waals surface area contributed by atoms with E-state index in [0.717, 1.165) is 5.56 Å². The van der Waals surface area contributed by atoms with Crippen LogP contribution in [0.15, 0.2) is 39.4 Å². The van der Waals surface area contributed by atoms with Gasteiger partial charge in [-0.05, 0) is 52.2 Å². The smallest absolute Gasteiger partial charge is 0.387 e. The lowest BCUT2D eigenvalue weighted by molar-refractivity contribution is -0.120. The van der Waals surface area contributed by atoms with E-state index in [2.05, 4.69) is 31.3 Å². The van der Waals surface area contributed by atoms with Crippen molar-refractivity contribution < 1.29 is 32.3 Å². The number of ether oxygens (including phenoxy) is 2. The van der Waals surface area contributed by atoms with Crippen LogP contribution in [0.4, 0.5) is 8.78 Å². The highest BCUT2D eigenvalue weighted by atomic mass is 79.9. The minimum Gasteiger partial charge on any atom is -0.493 e. The summed E-state index contributed by atoms with van der Waals surface area (Å²) < 4.78 is 39.5. The van der Waals surface area contributed by atoms with Crippen LogP contribution in [0.25, 0.3) is 0 Å². The molecule has 0 saturated carbocycles. The van der Waals surface area contributed by atoms with Crippen molar-refractivity contribution in [3.63, 3.8) is 0 Å². The molecule has 1 heterocycles. The zero-order chi connectivity index (χ0) is 19.8. The van der Waals surface area contributed by atoms with Gasteiger partial charge in [0.2, 0.25) is 5.91 Å². The summed E-state index contributed by atoms with van der Waals surface area (Å²) in [5.74, 6) is -0.676. The summed E-state index contributed by atoms with van der Waals surface area (Å²) in [7, 11) is 1.35. The molecule has 2 amide bonds. The van der Waals surface area contributed by atoms with Gasteiger partial charge in [-0.1, -0.05) is 6.07 Å². The van der Waals surface area contributed by atoms with Gasteiger partial charge < -0.3 is 24.5 Å². The molecule has 1 aromatic carbocycles. The summed E-state index contributed by atoms with van der Waals surface area (Å²) in [5, 5.41) is 5.07. The summed E-state index contributed by atoms with van der Waals surface area (Å²) in [6.45, 7) is -2.86.